The van der Waals surface area contributed by atoms with Crippen molar-refractivity contribution < 1.29 is 19.1 Å². The fraction of sp³-hybridized carbons (Fsp3) is 0.278. The number of rotatable bonds is 9. The molecular formula is C18H20N6O4S2. The van der Waals surface area contributed by atoms with Crippen molar-refractivity contribution in [3.05, 3.63) is 35.3 Å². The number of nitrogens with two attached hydrogens (primary N) is 1. The molecule has 0 spiro atoms. The summed E-state index contributed by atoms with van der Waals surface area (Å²) in [5.41, 5.74) is 1.33. The summed E-state index contributed by atoms with van der Waals surface area (Å²) >= 11 is 2.39. The Bertz CT molecular complexity index is 1020. The Morgan fingerprint density at radius 2 is 2.03 bits per heavy atom. The molecule has 0 aliphatic rings. The molecule has 0 saturated heterocycles. The molecule has 3 rings (SSSR count). The van der Waals surface area contributed by atoms with Crippen LogP contribution in [0, 0.1) is 0 Å². The predicted molar refractivity (Wildman–Crippen MR) is 114 cm³/mol. The van der Waals surface area contributed by atoms with E-state index in [0.29, 0.717) is 28.4 Å². The van der Waals surface area contributed by atoms with Gasteiger partial charge in [0.25, 0.3) is 0 Å². The second-order valence-corrected chi connectivity index (χ2v) is 7.67. The summed E-state index contributed by atoms with van der Waals surface area (Å²) in [7, 11) is 1.59. The van der Waals surface area contributed by atoms with Gasteiger partial charge in [0.05, 0.1) is 31.6 Å². The van der Waals surface area contributed by atoms with E-state index in [2.05, 4.69) is 20.5 Å². The second kappa shape index (κ2) is 10.1. The van der Waals surface area contributed by atoms with Crippen molar-refractivity contribution in [2.75, 3.05) is 30.6 Å². The molecule has 30 heavy (non-hydrogen) atoms. The van der Waals surface area contributed by atoms with Crippen LogP contribution in [0.15, 0.2) is 34.8 Å². The molecule has 158 valence electrons. The number of benzene rings is 1. The van der Waals surface area contributed by atoms with Crippen molar-refractivity contribution in [1.29, 1.82) is 0 Å². The average molecular weight is 449 g/mol. The number of hydrogen-bond donors (Lipinski definition) is 2. The molecule has 0 aliphatic carbocycles. The van der Waals surface area contributed by atoms with Crippen LogP contribution in [0.3, 0.4) is 0 Å². The van der Waals surface area contributed by atoms with Crippen LogP contribution in [-0.4, -0.2) is 51.2 Å². The van der Waals surface area contributed by atoms with Gasteiger partial charge in [0.2, 0.25) is 11.1 Å². The molecule has 1 amide bonds. The first-order valence-electron chi connectivity index (χ1n) is 8.87. The first kappa shape index (κ1) is 21.6. The third-order valence-electron chi connectivity index (χ3n) is 3.77. The molecule has 0 bridgehead atoms. The Morgan fingerprint density at radius 3 is 2.73 bits per heavy atom. The van der Waals surface area contributed by atoms with Crippen molar-refractivity contribution in [1.82, 2.24) is 19.9 Å². The number of ether oxygens (including phenoxy) is 2. The van der Waals surface area contributed by atoms with E-state index in [9.17, 15) is 9.59 Å². The smallest absolute Gasteiger partial charge is 0.311 e. The number of thiazole rings is 1. The molecule has 1 aromatic carbocycles. The van der Waals surface area contributed by atoms with Gasteiger partial charge in [-0.2, -0.15) is 0 Å². The quantitative estimate of drug-likeness (QED) is 0.286. The van der Waals surface area contributed by atoms with E-state index in [1.165, 1.54) is 16.0 Å². The fourth-order valence-electron chi connectivity index (χ4n) is 2.40. The van der Waals surface area contributed by atoms with E-state index in [-0.39, 0.29) is 24.1 Å². The Hall–Kier alpha value is -3.12. The zero-order valence-corrected chi connectivity index (χ0v) is 18.0. The summed E-state index contributed by atoms with van der Waals surface area (Å²) in [5, 5.41) is 13.3. The normalized spacial score (nSPS) is 10.6. The van der Waals surface area contributed by atoms with Crippen LogP contribution in [0.1, 0.15) is 12.6 Å². The van der Waals surface area contributed by atoms with Crippen LogP contribution in [0.4, 0.5) is 5.13 Å². The van der Waals surface area contributed by atoms with Crippen LogP contribution >= 0.6 is 23.1 Å². The molecule has 3 aromatic rings. The van der Waals surface area contributed by atoms with Crippen molar-refractivity contribution in [2.24, 2.45) is 0 Å². The number of aromatic nitrogens is 4. The summed E-state index contributed by atoms with van der Waals surface area (Å²) in [6, 6.07) is 7.25. The molecule has 0 unspecified atom stereocenters. The second-order valence-electron chi connectivity index (χ2n) is 5.87. The summed E-state index contributed by atoms with van der Waals surface area (Å²) in [6.45, 7) is 2.06. The summed E-state index contributed by atoms with van der Waals surface area (Å²) < 4.78 is 11.4. The number of carbonyl (C=O) groups excluding carboxylic acids is 2. The van der Waals surface area contributed by atoms with Crippen molar-refractivity contribution in [3.63, 3.8) is 0 Å². The standard InChI is InChI=1S/C18H20N6O4S2/c1-3-28-15(26)8-12-9-29-17(20-12)21-14(25)10-30-18-23-22-16(24(18)19)11-4-6-13(27-2)7-5-11/h4-7,9H,3,8,10,19H2,1-2H3,(H,20,21,25). The molecule has 3 N–H and O–H groups in total. The van der Waals surface area contributed by atoms with Crippen LogP contribution in [0.25, 0.3) is 11.4 Å². The Labute approximate surface area is 180 Å². The lowest BCUT2D eigenvalue weighted by Crippen LogP contribution is -2.16. The number of esters is 1. The van der Waals surface area contributed by atoms with Gasteiger partial charge in [0.1, 0.15) is 5.75 Å². The number of carbonyl (C=O) groups is 2. The van der Waals surface area contributed by atoms with Crippen LogP contribution in [0.2, 0.25) is 0 Å². The number of amides is 1. The minimum absolute atomic E-state index is 0.0688. The fourth-order valence-corrected chi connectivity index (χ4v) is 3.79. The highest BCUT2D eigenvalue weighted by molar-refractivity contribution is 7.99. The Balaban J connectivity index is 1.54. The zero-order chi connectivity index (χ0) is 21.5. The summed E-state index contributed by atoms with van der Waals surface area (Å²) in [4.78, 5) is 27.9. The van der Waals surface area contributed by atoms with Crippen LogP contribution in [0.5, 0.6) is 5.75 Å². The highest BCUT2D eigenvalue weighted by atomic mass is 32.2. The van der Waals surface area contributed by atoms with Gasteiger partial charge in [-0.05, 0) is 31.2 Å². The first-order chi connectivity index (χ1) is 14.5. The first-order valence-corrected chi connectivity index (χ1v) is 10.7. The van der Waals surface area contributed by atoms with Crippen molar-refractivity contribution in [3.8, 4) is 17.1 Å². The molecule has 0 atom stereocenters. The van der Waals surface area contributed by atoms with Gasteiger partial charge in [-0.3, -0.25) is 9.59 Å². The van der Waals surface area contributed by atoms with E-state index >= 15 is 0 Å². The molecule has 2 heterocycles. The number of nitrogens with one attached hydrogen (secondary N) is 1. The predicted octanol–water partition coefficient (Wildman–Crippen LogP) is 1.96. The zero-order valence-electron chi connectivity index (χ0n) is 16.3. The highest BCUT2D eigenvalue weighted by Gasteiger charge is 2.15. The Morgan fingerprint density at radius 1 is 1.27 bits per heavy atom. The Kier molecular flexibility index (Phi) is 7.25. The molecule has 2 aromatic heterocycles. The number of anilines is 1. The molecule has 10 nitrogen and oxygen atoms in total. The third-order valence-corrected chi connectivity index (χ3v) is 5.52. The monoisotopic (exact) mass is 448 g/mol. The average Bonchev–Trinajstić information content (AvgIpc) is 3.32. The third kappa shape index (κ3) is 5.48. The molecule has 0 radical (unpaired) electrons. The van der Waals surface area contributed by atoms with Gasteiger partial charge in [-0.1, -0.05) is 11.8 Å². The van der Waals surface area contributed by atoms with Gasteiger partial charge >= 0.3 is 5.97 Å². The van der Waals surface area contributed by atoms with E-state index in [1.807, 2.05) is 12.1 Å². The molecule has 0 fully saturated rings. The maximum Gasteiger partial charge on any atom is 0.311 e. The van der Waals surface area contributed by atoms with Crippen LogP contribution < -0.4 is 15.9 Å². The molecule has 12 heteroatoms. The van der Waals surface area contributed by atoms with Crippen LogP contribution in [-0.2, 0) is 20.7 Å². The topological polar surface area (TPSA) is 134 Å². The van der Waals surface area contributed by atoms with Gasteiger partial charge in [-0.15, -0.1) is 21.5 Å². The van der Waals surface area contributed by atoms with Gasteiger partial charge in [-0.25, -0.2) is 9.66 Å². The van der Waals surface area contributed by atoms with Gasteiger partial charge in [0, 0.05) is 10.9 Å². The van der Waals surface area contributed by atoms with Crippen molar-refractivity contribution in [2.45, 2.75) is 18.5 Å². The lowest BCUT2D eigenvalue weighted by molar-refractivity contribution is -0.142. The number of nitrogens with zero attached hydrogens (tertiary/aromatic N) is 4. The minimum Gasteiger partial charge on any atom is -0.497 e. The molecule has 0 aliphatic heterocycles. The number of hydrogen-bond acceptors (Lipinski definition) is 10. The molecular weight excluding hydrogens is 428 g/mol. The van der Waals surface area contributed by atoms with E-state index < -0.39 is 0 Å². The maximum atomic E-state index is 12.2. The lowest BCUT2D eigenvalue weighted by Gasteiger charge is -2.05. The lowest BCUT2D eigenvalue weighted by atomic mass is 10.2. The largest absolute Gasteiger partial charge is 0.497 e. The number of methoxy groups -OCH3 is 1. The molecule has 0 saturated carbocycles. The maximum absolute atomic E-state index is 12.2. The van der Waals surface area contributed by atoms with Gasteiger partial charge in [0.15, 0.2) is 11.0 Å². The number of nitrogen functional groups attached to an aromatic ring is 1. The number of thioether (sulfide) groups is 1. The minimum atomic E-state index is -0.355. The van der Waals surface area contributed by atoms with Gasteiger partial charge < -0.3 is 20.6 Å². The van der Waals surface area contributed by atoms with Crippen molar-refractivity contribution >= 4 is 40.1 Å². The van der Waals surface area contributed by atoms with E-state index in [0.717, 1.165) is 23.1 Å². The van der Waals surface area contributed by atoms with E-state index in [1.54, 1.807) is 31.5 Å². The van der Waals surface area contributed by atoms with E-state index in [4.69, 9.17) is 15.3 Å². The SMILES string of the molecule is CCOC(=O)Cc1csc(NC(=O)CSc2nnc(-c3ccc(OC)cc3)n2N)n1. The summed E-state index contributed by atoms with van der Waals surface area (Å²) in [5.74, 6) is 6.72. The highest BCUT2D eigenvalue weighted by Crippen LogP contribution is 2.24. The summed E-state index contributed by atoms with van der Waals surface area (Å²) in [6.07, 6.45) is 0.0688.